The van der Waals surface area contributed by atoms with Gasteiger partial charge in [0.1, 0.15) is 18.7 Å². The minimum atomic E-state index is -3.50. The summed E-state index contributed by atoms with van der Waals surface area (Å²) in [7, 11) is -2.26. The molecule has 0 aliphatic carbocycles. The van der Waals surface area contributed by atoms with Gasteiger partial charge in [0.2, 0.25) is 5.95 Å². The highest BCUT2D eigenvalue weighted by Gasteiger charge is 2.35. The van der Waals surface area contributed by atoms with E-state index in [0.29, 0.717) is 47.3 Å². The quantitative estimate of drug-likeness (QED) is 0.319. The van der Waals surface area contributed by atoms with E-state index < -0.39 is 22.2 Å². The van der Waals surface area contributed by atoms with Crippen LogP contribution in [0.4, 0.5) is 23.1 Å². The van der Waals surface area contributed by atoms with Crippen LogP contribution in [-0.2, 0) is 14.4 Å². The van der Waals surface area contributed by atoms with Crippen LogP contribution in [0.25, 0.3) is 0 Å². The van der Waals surface area contributed by atoms with Gasteiger partial charge in [0, 0.05) is 61.6 Å². The summed E-state index contributed by atoms with van der Waals surface area (Å²) in [5, 5.41) is 6.72. The van der Waals surface area contributed by atoms with Gasteiger partial charge in [-0.15, -0.1) is 0 Å². The van der Waals surface area contributed by atoms with Crippen molar-refractivity contribution in [3.8, 4) is 5.75 Å². The SMILES string of the molecule is COc1cc(P2(=O)CCC(N3CCN(C)CC3)CC2)ccc1Nc1ncc(C)c(Nc2ccccc2S(=O)(=O)C(C)C)n1. The number of ether oxygens (including phenoxy) is 1. The van der Waals surface area contributed by atoms with Crippen LogP contribution in [0.3, 0.4) is 0 Å². The van der Waals surface area contributed by atoms with E-state index in [2.05, 4.69) is 37.4 Å². The summed E-state index contributed by atoms with van der Waals surface area (Å²) in [4.78, 5) is 14.2. The molecule has 232 valence electrons. The van der Waals surface area contributed by atoms with Gasteiger partial charge in [-0.3, -0.25) is 4.90 Å². The Balaban J connectivity index is 1.32. The van der Waals surface area contributed by atoms with E-state index in [1.54, 1.807) is 51.4 Å². The topological polar surface area (TPSA) is 117 Å². The van der Waals surface area contributed by atoms with Crippen molar-refractivity contribution in [3.05, 3.63) is 54.2 Å². The Morgan fingerprint density at radius 3 is 2.37 bits per heavy atom. The van der Waals surface area contributed by atoms with Crippen molar-refractivity contribution in [2.75, 3.05) is 63.3 Å². The monoisotopic (exact) mass is 626 g/mol. The molecule has 0 radical (unpaired) electrons. The molecular weight excluding hydrogens is 583 g/mol. The lowest BCUT2D eigenvalue weighted by atomic mass is 10.1. The molecule has 2 aliphatic rings. The summed E-state index contributed by atoms with van der Waals surface area (Å²) in [6.07, 6.45) is 5.01. The Morgan fingerprint density at radius 1 is 1.00 bits per heavy atom. The summed E-state index contributed by atoms with van der Waals surface area (Å²) < 4.78 is 45.7. The second-order valence-corrected chi connectivity index (χ2v) is 17.5. The Morgan fingerprint density at radius 2 is 1.70 bits per heavy atom. The Hall–Kier alpha value is -2.98. The van der Waals surface area contributed by atoms with Gasteiger partial charge in [-0.25, -0.2) is 13.4 Å². The maximum absolute atomic E-state index is 14.1. The number of aromatic nitrogens is 2. The molecule has 0 spiro atoms. The van der Waals surface area contributed by atoms with Crippen molar-refractivity contribution in [2.24, 2.45) is 0 Å². The second-order valence-electron chi connectivity index (χ2n) is 11.9. The van der Waals surface area contributed by atoms with Gasteiger partial charge < -0.3 is 24.8 Å². The van der Waals surface area contributed by atoms with Gasteiger partial charge in [0.25, 0.3) is 0 Å². The van der Waals surface area contributed by atoms with Crippen LogP contribution < -0.4 is 20.7 Å². The fraction of sp³-hybridized carbons (Fsp3) is 0.484. The van der Waals surface area contributed by atoms with Crippen LogP contribution in [0.1, 0.15) is 32.3 Å². The van der Waals surface area contributed by atoms with E-state index in [-0.39, 0.29) is 4.90 Å². The zero-order valence-electron chi connectivity index (χ0n) is 25.7. The summed E-state index contributed by atoms with van der Waals surface area (Å²) >= 11 is 0. The Kier molecular flexibility index (Phi) is 9.46. The number of benzene rings is 2. The van der Waals surface area contributed by atoms with Crippen molar-refractivity contribution in [3.63, 3.8) is 0 Å². The Labute approximate surface area is 255 Å². The van der Waals surface area contributed by atoms with E-state index in [1.165, 1.54) is 0 Å². The zero-order chi connectivity index (χ0) is 30.8. The van der Waals surface area contributed by atoms with Gasteiger partial charge in [-0.1, -0.05) is 12.1 Å². The highest BCUT2D eigenvalue weighted by Crippen LogP contribution is 2.51. The van der Waals surface area contributed by atoms with Crippen LogP contribution in [0.2, 0.25) is 0 Å². The molecule has 5 rings (SSSR count). The van der Waals surface area contributed by atoms with E-state index in [4.69, 9.17) is 4.74 Å². The van der Waals surface area contributed by atoms with Gasteiger partial charge >= 0.3 is 0 Å². The van der Waals surface area contributed by atoms with Crippen molar-refractivity contribution in [1.82, 2.24) is 19.8 Å². The molecule has 0 bridgehead atoms. The summed E-state index contributed by atoms with van der Waals surface area (Å²) in [5.74, 6) is 1.38. The molecule has 0 atom stereocenters. The summed E-state index contributed by atoms with van der Waals surface area (Å²) in [5.41, 5.74) is 1.87. The third-order valence-corrected chi connectivity index (χ3v) is 14.0. The van der Waals surface area contributed by atoms with Gasteiger partial charge in [-0.05, 0) is 71.0 Å². The number of likely N-dealkylation sites (N-methyl/N-ethyl adjacent to an activating group) is 1. The average Bonchev–Trinajstić information content (AvgIpc) is 3.00. The lowest BCUT2D eigenvalue weighted by Gasteiger charge is -2.41. The lowest BCUT2D eigenvalue weighted by molar-refractivity contribution is 0.106. The minimum Gasteiger partial charge on any atom is -0.495 e. The number of aryl methyl sites for hydroxylation is 1. The van der Waals surface area contributed by atoms with E-state index in [0.717, 1.165) is 49.9 Å². The number of rotatable bonds is 9. The highest BCUT2D eigenvalue weighted by molar-refractivity contribution is 7.92. The first-order valence-corrected chi connectivity index (χ1v) is 18.5. The number of hydrogen-bond acceptors (Lipinski definition) is 10. The first-order valence-electron chi connectivity index (χ1n) is 14.9. The third kappa shape index (κ3) is 6.90. The molecule has 1 aromatic heterocycles. The number of piperazine rings is 1. The van der Waals surface area contributed by atoms with Gasteiger partial charge in [0.05, 0.1) is 28.6 Å². The maximum Gasteiger partial charge on any atom is 0.229 e. The predicted molar refractivity (Wildman–Crippen MR) is 174 cm³/mol. The van der Waals surface area contributed by atoms with Crippen molar-refractivity contribution >= 4 is 45.4 Å². The van der Waals surface area contributed by atoms with E-state index in [9.17, 15) is 13.0 Å². The molecule has 2 saturated heterocycles. The van der Waals surface area contributed by atoms with Gasteiger partial charge in [-0.2, -0.15) is 4.98 Å². The molecular formula is C31H43N6O4PS. The molecule has 2 aromatic carbocycles. The largest absolute Gasteiger partial charge is 0.495 e. The third-order valence-electron chi connectivity index (χ3n) is 8.64. The zero-order valence-corrected chi connectivity index (χ0v) is 27.4. The second kappa shape index (κ2) is 12.9. The molecule has 0 amide bonds. The number of sulfone groups is 1. The fourth-order valence-corrected chi connectivity index (χ4v) is 9.84. The van der Waals surface area contributed by atoms with Crippen molar-refractivity contribution in [1.29, 1.82) is 0 Å². The molecule has 3 aromatic rings. The van der Waals surface area contributed by atoms with Crippen LogP contribution in [-0.4, -0.2) is 92.1 Å². The molecule has 10 nitrogen and oxygen atoms in total. The smallest absolute Gasteiger partial charge is 0.229 e. The van der Waals surface area contributed by atoms with Crippen LogP contribution in [0.5, 0.6) is 5.75 Å². The number of para-hydroxylation sites is 1. The van der Waals surface area contributed by atoms with Gasteiger partial charge in [0.15, 0.2) is 9.84 Å². The predicted octanol–water partition coefficient (Wildman–Crippen LogP) is 4.86. The number of nitrogens with one attached hydrogen (secondary N) is 2. The summed E-state index contributed by atoms with van der Waals surface area (Å²) in [6, 6.07) is 13.0. The highest BCUT2D eigenvalue weighted by atomic mass is 32.2. The average molecular weight is 627 g/mol. The lowest BCUT2D eigenvalue weighted by Crippen LogP contribution is -2.50. The van der Waals surface area contributed by atoms with Crippen LogP contribution in [0.15, 0.2) is 53.6 Å². The van der Waals surface area contributed by atoms with Crippen molar-refractivity contribution < 1.29 is 17.7 Å². The van der Waals surface area contributed by atoms with Crippen LogP contribution >= 0.6 is 7.14 Å². The molecule has 3 heterocycles. The van der Waals surface area contributed by atoms with Crippen molar-refractivity contribution in [2.45, 2.75) is 49.8 Å². The molecule has 0 unspecified atom stereocenters. The molecule has 2 fully saturated rings. The number of methoxy groups -OCH3 is 1. The Bertz CT molecular complexity index is 1600. The van der Waals surface area contributed by atoms with E-state index in [1.807, 2.05) is 25.1 Å². The number of nitrogens with zero attached hydrogens (tertiary/aromatic N) is 4. The fourth-order valence-electron chi connectivity index (χ4n) is 5.77. The molecule has 2 N–H and O–H groups in total. The van der Waals surface area contributed by atoms with E-state index >= 15 is 0 Å². The standard InChI is InChI=1S/C31H43N6O4PS/c1-22(2)43(39,40)29-9-7-6-8-27(29)33-30-23(3)21-32-31(35-30)34-26-11-10-25(20-28(26)41-5)42(38)18-12-24(13-19-42)37-16-14-36(4)15-17-37/h6-11,20-22,24H,12-19H2,1-5H3,(H2,32,33,34,35). The molecule has 43 heavy (non-hydrogen) atoms. The number of hydrogen-bond donors (Lipinski definition) is 2. The molecule has 0 saturated carbocycles. The molecule has 2 aliphatic heterocycles. The first kappa shape index (κ1) is 31.4. The maximum atomic E-state index is 14.1. The summed E-state index contributed by atoms with van der Waals surface area (Å²) in [6.45, 7) is 9.54. The first-order chi connectivity index (χ1) is 20.5. The molecule has 12 heteroatoms. The minimum absolute atomic E-state index is 0.224. The van der Waals surface area contributed by atoms with Crippen LogP contribution in [0, 0.1) is 6.92 Å². The number of anilines is 4. The normalized spacial score (nSPS) is 22.0.